The van der Waals surface area contributed by atoms with Gasteiger partial charge >= 0.3 is 0 Å². The number of hydrogen-bond acceptors (Lipinski definition) is 3. The van der Waals surface area contributed by atoms with Crippen LogP contribution >= 0.6 is 12.4 Å². The quantitative estimate of drug-likeness (QED) is 0.488. The Kier molecular flexibility index (Phi) is 4.99. The number of β-amino-alcohol motifs (C(OH)–C–C–N with tert-alkyl or cyclic N) is 1. The first-order valence-electron chi connectivity index (χ1n) is 3.34. The van der Waals surface area contributed by atoms with Crippen LogP contribution in [0.15, 0.2) is 0 Å². The largest absolute Gasteiger partial charge is 0.396 e. The van der Waals surface area contributed by atoms with E-state index >= 15 is 0 Å². The smallest absolute Gasteiger partial charge is 0.0715 e. The SMILES string of the molecule is Cl.OC[C@@H]1CCNC[C@@H]1O. The summed E-state index contributed by atoms with van der Waals surface area (Å²) in [6.07, 6.45) is 0.543. The predicted octanol–water partition coefficient (Wildman–Crippen LogP) is -0.629. The van der Waals surface area contributed by atoms with Gasteiger partial charge in [0.05, 0.1) is 6.10 Å². The first-order chi connectivity index (χ1) is 4.34. The average molecular weight is 168 g/mol. The van der Waals surface area contributed by atoms with E-state index in [9.17, 15) is 0 Å². The Labute approximate surface area is 66.8 Å². The van der Waals surface area contributed by atoms with Gasteiger partial charge in [0.15, 0.2) is 0 Å². The third-order valence-electron chi connectivity index (χ3n) is 1.82. The lowest BCUT2D eigenvalue weighted by Crippen LogP contribution is -2.41. The molecule has 4 heteroatoms. The standard InChI is InChI=1S/C6H13NO2.ClH/c8-4-5-1-2-7-3-6(5)9;/h5-9H,1-4H2;1H/t5-,6-;/m0./s1. The molecule has 0 saturated carbocycles. The zero-order chi connectivity index (χ0) is 6.69. The lowest BCUT2D eigenvalue weighted by molar-refractivity contribution is 0.0460. The molecule has 3 N–H and O–H groups in total. The van der Waals surface area contributed by atoms with Crippen LogP contribution < -0.4 is 5.32 Å². The third kappa shape index (κ3) is 2.42. The highest BCUT2D eigenvalue weighted by atomic mass is 35.5. The molecule has 1 rings (SSSR count). The van der Waals surface area contributed by atoms with Gasteiger partial charge in [-0.2, -0.15) is 0 Å². The highest BCUT2D eigenvalue weighted by Crippen LogP contribution is 2.10. The number of halogens is 1. The molecule has 0 radical (unpaired) electrons. The van der Waals surface area contributed by atoms with Crippen LogP contribution in [0, 0.1) is 5.92 Å². The van der Waals surface area contributed by atoms with E-state index in [4.69, 9.17) is 10.2 Å². The Balaban J connectivity index is 0.000000810. The van der Waals surface area contributed by atoms with Crippen LogP contribution in [0.4, 0.5) is 0 Å². The molecule has 3 nitrogen and oxygen atoms in total. The van der Waals surface area contributed by atoms with Crippen LogP contribution in [-0.4, -0.2) is 36.0 Å². The first kappa shape index (κ1) is 10.2. The molecule has 0 bridgehead atoms. The molecule has 0 amide bonds. The van der Waals surface area contributed by atoms with Gasteiger partial charge in [0, 0.05) is 19.1 Å². The molecule has 1 saturated heterocycles. The second-order valence-electron chi connectivity index (χ2n) is 2.50. The Morgan fingerprint density at radius 1 is 1.50 bits per heavy atom. The van der Waals surface area contributed by atoms with E-state index < -0.39 is 0 Å². The number of aliphatic hydroxyl groups excluding tert-OH is 2. The van der Waals surface area contributed by atoms with E-state index in [1.165, 1.54) is 0 Å². The normalized spacial score (nSPS) is 33.0. The number of rotatable bonds is 1. The summed E-state index contributed by atoms with van der Waals surface area (Å²) in [5, 5.41) is 20.9. The Bertz CT molecular complexity index is 91.8. The maximum absolute atomic E-state index is 9.15. The van der Waals surface area contributed by atoms with Crippen molar-refractivity contribution < 1.29 is 10.2 Å². The molecule has 0 aliphatic carbocycles. The lowest BCUT2D eigenvalue weighted by atomic mass is 9.96. The molecular formula is C6H14ClNO2. The summed E-state index contributed by atoms with van der Waals surface area (Å²) in [5.41, 5.74) is 0. The molecule has 0 unspecified atom stereocenters. The van der Waals surface area contributed by atoms with Gasteiger partial charge < -0.3 is 15.5 Å². The van der Waals surface area contributed by atoms with E-state index in [0.29, 0.717) is 6.54 Å². The van der Waals surface area contributed by atoms with Gasteiger partial charge in [0.1, 0.15) is 0 Å². The molecular weight excluding hydrogens is 154 g/mol. The van der Waals surface area contributed by atoms with Crippen LogP contribution in [0.2, 0.25) is 0 Å². The second kappa shape index (κ2) is 4.91. The fourth-order valence-electron chi connectivity index (χ4n) is 1.11. The summed E-state index contributed by atoms with van der Waals surface area (Å²) in [4.78, 5) is 0. The maximum atomic E-state index is 9.15. The minimum absolute atomic E-state index is 0. The molecule has 1 heterocycles. The van der Waals surface area contributed by atoms with Gasteiger partial charge in [-0.1, -0.05) is 0 Å². The van der Waals surface area contributed by atoms with Crippen molar-refractivity contribution in [3.63, 3.8) is 0 Å². The van der Waals surface area contributed by atoms with Crippen LogP contribution in [0.25, 0.3) is 0 Å². The topological polar surface area (TPSA) is 52.5 Å². The molecule has 2 atom stereocenters. The highest BCUT2D eigenvalue weighted by molar-refractivity contribution is 5.85. The molecule has 1 fully saturated rings. The summed E-state index contributed by atoms with van der Waals surface area (Å²) < 4.78 is 0. The third-order valence-corrected chi connectivity index (χ3v) is 1.82. The Morgan fingerprint density at radius 3 is 2.60 bits per heavy atom. The molecule has 62 valence electrons. The van der Waals surface area contributed by atoms with Crippen molar-refractivity contribution in [2.45, 2.75) is 12.5 Å². The van der Waals surface area contributed by atoms with E-state index in [2.05, 4.69) is 5.32 Å². The molecule has 10 heavy (non-hydrogen) atoms. The van der Waals surface area contributed by atoms with E-state index in [1.807, 2.05) is 0 Å². The van der Waals surface area contributed by atoms with Crippen LogP contribution in [0.5, 0.6) is 0 Å². The zero-order valence-corrected chi connectivity index (χ0v) is 6.60. The van der Waals surface area contributed by atoms with Crippen LogP contribution in [0.3, 0.4) is 0 Å². The minimum Gasteiger partial charge on any atom is -0.396 e. The molecule has 0 aromatic heterocycles. The first-order valence-corrected chi connectivity index (χ1v) is 3.34. The fourth-order valence-corrected chi connectivity index (χ4v) is 1.11. The summed E-state index contributed by atoms with van der Waals surface area (Å²) in [6.45, 7) is 1.66. The highest BCUT2D eigenvalue weighted by Gasteiger charge is 2.20. The summed E-state index contributed by atoms with van der Waals surface area (Å²) in [6, 6.07) is 0. The maximum Gasteiger partial charge on any atom is 0.0715 e. The van der Waals surface area contributed by atoms with Gasteiger partial charge in [0.2, 0.25) is 0 Å². The Hall–Kier alpha value is 0.170. The molecule has 0 spiro atoms. The monoisotopic (exact) mass is 167 g/mol. The van der Waals surface area contributed by atoms with Crippen molar-refractivity contribution >= 4 is 12.4 Å². The van der Waals surface area contributed by atoms with Gasteiger partial charge in [-0.05, 0) is 13.0 Å². The van der Waals surface area contributed by atoms with Crippen molar-refractivity contribution in [3.05, 3.63) is 0 Å². The van der Waals surface area contributed by atoms with Crippen molar-refractivity contribution in [1.29, 1.82) is 0 Å². The number of hydrogen-bond donors (Lipinski definition) is 3. The molecule has 1 aliphatic rings. The van der Waals surface area contributed by atoms with E-state index in [0.717, 1.165) is 13.0 Å². The minimum atomic E-state index is -0.344. The number of aliphatic hydroxyl groups is 2. The van der Waals surface area contributed by atoms with Crippen LogP contribution in [-0.2, 0) is 0 Å². The van der Waals surface area contributed by atoms with E-state index in [-0.39, 0.29) is 31.0 Å². The van der Waals surface area contributed by atoms with E-state index in [1.54, 1.807) is 0 Å². The summed E-state index contributed by atoms with van der Waals surface area (Å²) >= 11 is 0. The summed E-state index contributed by atoms with van der Waals surface area (Å²) in [5.74, 6) is 0.103. The van der Waals surface area contributed by atoms with Gasteiger partial charge in [-0.3, -0.25) is 0 Å². The molecule has 0 aromatic carbocycles. The average Bonchev–Trinajstić information content (AvgIpc) is 1.89. The predicted molar refractivity (Wildman–Crippen MR) is 41.3 cm³/mol. The number of piperidine rings is 1. The fraction of sp³-hybridized carbons (Fsp3) is 1.00. The van der Waals surface area contributed by atoms with Crippen molar-refractivity contribution in [2.75, 3.05) is 19.7 Å². The van der Waals surface area contributed by atoms with Crippen molar-refractivity contribution in [3.8, 4) is 0 Å². The van der Waals surface area contributed by atoms with Crippen molar-refractivity contribution in [2.24, 2.45) is 5.92 Å². The molecule has 1 aliphatic heterocycles. The summed E-state index contributed by atoms with van der Waals surface area (Å²) in [7, 11) is 0. The Morgan fingerprint density at radius 2 is 2.20 bits per heavy atom. The van der Waals surface area contributed by atoms with Crippen LogP contribution in [0.1, 0.15) is 6.42 Å². The van der Waals surface area contributed by atoms with Gasteiger partial charge in [-0.25, -0.2) is 0 Å². The lowest BCUT2D eigenvalue weighted by Gasteiger charge is -2.26. The second-order valence-corrected chi connectivity index (χ2v) is 2.50. The van der Waals surface area contributed by atoms with Crippen molar-refractivity contribution in [1.82, 2.24) is 5.32 Å². The van der Waals surface area contributed by atoms with Gasteiger partial charge in [0.25, 0.3) is 0 Å². The number of nitrogens with one attached hydrogen (secondary N) is 1. The molecule has 0 aromatic rings. The van der Waals surface area contributed by atoms with Gasteiger partial charge in [-0.15, -0.1) is 12.4 Å². The zero-order valence-electron chi connectivity index (χ0n) is 5.79.